The van der Waals surface area contributed by atoms with Crippen molar-refractivity contribution >= 4 is 24.2 Å². The Bertz CT molecular complexity index is 623. The SMILES string of the molecule is COc1ccc(CN2CC(C(=O)N3CCCCC3CN)CC2=O)cc1.Cl. The normalized spacial score (nSPS) is 22.9. The molecule has 26 heavy (non-hydrogen) atoms. The van der Waals surface area contributed by atoms with Gasteiger partial charge >= 0.3 is 0 Å². The molecule has 2 amide bonds. The standard InChI is InChI=1S/C19H27N3O3.ClH/c1-25-17-7-5-14(6-8-17)12-21-13-15(10-18(21)23)19(24)22-9-3-2-4-16(22)11-20;/h5-8,15-16H,2-4,9-13,20H2,1H3;1H. The van der Waals surface area contributed by atoms with Crippen LogP contribution in [0.5, 0.6) is 5.75 Å². The maximum Gasteiger partial charge on any atom is 0.228 e. The summed E-state index contributed by atoms with van der Waals surface area (Å²) in [6.07, 6.45) is 3.43. The molecule has 0 spiro atoms. The highest BCUT2D eigenvalue weighted by molar-refractivity contribution is 5.89. The van der Waals surface area contributed by atoms with Crippen molar-refractivity contribution in [2.75, 3.05) is 26.7 Å². The number of nitrogens with two attached hydrogens (primary N) is 1. The van der Waals surface area contributed by atoms with Gasteiger partial charge in [0.15, 0.2) is 0 Å². The molecule has 2 fully saturated rings. The highest BCUT2D eigenvalue weighted by Crippen LogP contribution is 2.26. The van der Waals surface area contributed by atoms with Gasteiger partial charge in [-0.15, -0.1) is 12.4 Å². The summed E-state index contributed by atoms with van der Waals surface area (Å²) in [6.45, 7) is 2.30. The first kappa shape index (κ1) is 20.5. The predicted octanol–water partition coefficient (Wildman–Crippen LogP) is 1.81. The molecule has 0 saturated carbocycles. The third-order valence-electron chi connectivity index (χ3n) is 5.28. The molecule has 7 heteroatoms. The van der Waals surface area contributed by atoms with Crippen molar-refractivity contribution < 1.29 is 14.3 Å². The van der Waals surface area contributed by atoms with Crippen LogP contribution in [0.1, 0.15) is 31.2 Å². The van der Waals surface area contributed by atoms with E-state index < -0.39 is 0 Å². The number of methoxy groups -OCH3 is 1. The zero-order chi connectivity index (χ0) is 17.8. The van der Waals surface area contributed by atoms with Crippen molar-refractivity contribution in [2.24, 2.45) is 11.7 Å². The topological polar surface area (TPSA) is 75.9 Å². The summed E-state index contributed by atoms with van der Waals surface area (Å²) in [7, 11) is 1.63. The Morgan fingerprint density at radius 3 is 2.65 bits per heavy atom. The van der Waals surface area contributed by atoms with E-state index in [9.17, 15) is 9.59 Å². The van der Waals surface area contributed by atoms with E-state index in [2.05, 4.69) is 0 Å². The molecule has 2 heterocycles. The van der Waals surface area contributed by atoms with E-state index in [-0.39, 0.29) is 36.2 Å². The molecule has 2 saturated heterocycles. The third kappa shape index (κ3) is 4.48. The molecule has 3 rings (SSSR count). The Morgan fingerprint density at radius 2 is 2.00 bits per heavy atom. The molecule has 1 aromatic carbocycles. The molecule has 2 aliphatic heterocycles. The molecule has 2 aliphatic rings. The lowest BCUT2D eigenvalue weighted by molar-refractivity contribution is -0.139. The Kier molecular flexibility index (Phi) is 7.29. The van der Waals surface area contributed by atoms with E-state index in [1.54, 1.807) is 12.0 Å². The summed E-state index contributed by atoms with van der Waals surface area (Å²) in [5.74, 6) is 0.705. The zero-order valence-corrected chi connectivity index (χ0v) is 16.0. The van der Waals surface area contributed by atoms with E-state index in [4.69, 9.17) is 10.5 Å². The average molecular weight is 382 g/mol. The molecule has 1 aromatic rings. The Morgan fingerprint density at radius 1 is 1.27 bits per heavy atom. The maximum atomic E-state index is 12.9. The summed E-state index contributed by atoms with van der Waals surface area (Å²) >= 11 is 0. The summed E-state index contributed by atoms with van der Waals surface area (Å²) in [5, 5.41) is 0. The van der Waals surface area contributed by atoms with Crippen LogP contribution < -0.4 is 10.5 Å². The number of piperidine rings is 1. The van der Waals surface area contributed by atoms with E-state index in [0.29, 0.717) is 26.1 Å². The van der Waals surface area contributed by atoms with Gasteiger partial charge in [-0.1, -0.05) is 12.1 Å². The number of nitrogens with zero attached hydrogens (tertiary/aromatic N) is 2. The molecule has 0 radical (unpaired) electrons. The lowest BCUT2D eigenvalue weighted by atomic mass is 9.98. The van der Waals surface area contributed by atoms with E-state index >= 15 is 0 Å². The number of carbonyl (C=O) groups is 2. The van der Waals surface area contributed by atoms with Gasteiger partial charge in [0.25, 0.3) is 0 Å². The fourth-order valence-electron chi connectivity index (χ4n) is 3.81. The van der Waals surface area contributed by atoms with Gasteiger partial charge in [-0.25, -0.2) is 0 Å². The van der Waals surface area contributed by atoms with Crippen LogP contribution in [0.25, 0.3) is 0 Å². The molecule has 2 N–H and O–H groups in total. The second kappa shape index (κ2) is 9.24. The lowest BCUT2D eigenvalue weighted by Crippen LogP contribution is -2.50. The van der Waals surface area contributed by atoms with Gasteiger partial charge in [0.1, 0.15) is 5.75 Å². The molecular formula is C19H28ClN3O3. The van der Waals surface area contributed by atoms with Gasteiger partial charge in [-0.3, -0.25) is 9.59 Å². The Labute approximate surface area is 161 Å². The van der Waals surface area contributed by atoms with Crippen molar-refractivity contribution in [1.82, 2.24) is 9.80 Å². The minimum absolute atomic E-state index is 0. The molecule has 0 aliphatic carbocycles. The average Bonchev–Trinajstić information content (AvgIpc) is 3.02. The monoisotopic (exact) mass is 381 g/mol. The van der Waals surface area contributed by atoms with Gasteiger partial charge in [-0.05, 0) is 37.0 Å². The Balaban J connectivity index is 0.00000243. The van der Waals surface area contributed by atoms with E-state index in [1.807, 2.05) is 29.2 Å². The van der Waals surface area contributed by atoms with Crippen LogP contribution in [-0.4, -0.2) is 54.4 Å². The molecule has 144 valence electrons. The molecule has 0 bridgehead atoms. The number of benzene rings is 1. The van der Waals surface area contributed by atoms with Crippen LogP contribution in [0, 0.1) is 5.92 Å². The van der Waals surface area contributed by atoms with Crippen molar-refractivity contribution in [3.05, 3.63) is 29.8 Å². The quantitative estimate of drug-likeness (QED) is 0.843. The maximum absolute atomic E-state index is 12.9. The lowest BCUT2D eigenvalue weighted by Gasteiger charge is -2.36. The first-order valence-electron chi connectivity index (χ1n) is 9.03. The predicted molar refractivity (Wildman–Crippen MR) is 102 cm³/mol. The highest BCUT2D eigenvalue weighted by Gasteiger charge is 2.38. The van der Waals surface area contributed by atoms with Crippen LogP contribution in [0.4, 0.5) is 0 Å². The fraction of sp³-hybridized carbons (Fsp3) is 0.579. The van der Waals surface area contributed by atoms with Gasteiger partial charge in [0.05, 0.1) is 13.0 Å². The molecule has 2 unspecified atom stereocenters. The number of carbonyl (C=O) groups excluding carboxylic acids is 2. The minimum Gasteiger partial charge on any atom is -0.497 e. The van der Waals surface area contributed by atoms with Crippen LogP contribution in [0.15, 0.2) is 24.3 Å². The first-order valence-corrected chi connectivity index (χ1v) is 9.03. The Hall–Kier alpha value is -1.79. The number of amides is 2. The second-order valence-electron chi connectivity index (χ2n) is 6.94. The molecule has 2 atom stereocenters. The van der Waals surface area contributed by atoms with Crippen molar-refractivity contribution in [3.8, 4) is 5.75 Å². The number of hydrogen-bond acceptors (Lipinski definition) is 4. The number of rotatable bonds is 5. The van der Waals surface area contributed by atoms with Crippen LogP contribution in [-0.2, 0) is 16.1 Å². The summed E-state index contributed by atoms with van der Waals surface area (Å²) in [5.41, 5.74) is 6.87. The zero-order valence-electron chi connectivity index (χ0n) is 15.2. The van der Waals surface area contributed by atoms with Crippen LogP contribution in [0.3, 0.4) is 0 Å². The van der Waals surface area contributed by atoms with Gasteiger partial charge in [-0.2, -0.15) is 0 Å². The number of likely N-dealkylation sites (tertiary alicyclic amines) is 2. The molecular weight excluding hydrogens is 354 g/mol. The highest BCUT2D eigenvalue weighted by atomic mass is 35.5. The van der Waals surface area contributed by atoms with Crippen LogP contribution in [0.2, 0.25) is 0 Å². The smallest absolute Gasteiger partial charge is 0.228 e. The minimum atomic E-state index is -0.238. The van der Waals surface area contributed by atoms with E-state index in [0.717, 1.165) is 37.1 Å². The van der Waals surface area contributed by atoms with Crippen molar-refractivity contribution in [1.29, 1.82) is 0 Å². The van der Waals surface area contributed by atoms with E-state index in [1.165, 1.54) is 0 Å². The second-order valence-corrected chi connectivity index (χ2v) is 6.94. The summed E-state index contributed by atoms with van der Waals surface area (Å²) < 4.78 is 5.16. The first-order chi connectivity index (χ1) is 12.1. The van der Waals surface area contributed by atoms with Crippen molar-refractivity contribution in [3.63, 3.8) is 0 Å². The van der Waals surface area contributed by atoms with Crippen molar-refractivity contribution in [2.45, 2.75) is 38.3 Å². The summed E-state index contributed by atoms with van der Waals surface area (Å²) in [6, 6.07) is 7.81. The van der Waals surface area contributed by atoms with Gasteiger partial charge in [0, 0.05) is 38.6 Å². The number of ether oxygens (including phenoxy) is 1. The number of halogens is 1. The molecule has 0 aromatic heterocycles. The summed E-state index contributed by atoms with van der Waals surface area (Å²) in [4.78, 5) is 28.9. The third-order valence-corrected chi connectivity index (χ3v) is 5.28. The van der Waals surface area contributed by atoms with Gasteiger partial charge in [0.2, 0.25) is 11.8 Å². The fourth-order valence-corrected chi connectivity index (χ4v) is 3.81. The van der Waals surface area contributed by atoms with Crippen LogP contribution >= 0.6 is 12.4 Å². The van der Waals surface area contributed by atoms with Gasteiger partial charge < -0.3 is 20.3 Å². The number of hydrogen-bond donors (Lipinski definition) is 1. The molecule has 6 nitrogen and oxygen atoms in total. The largest absolute Gasteiger partial charge is 0.497 e.